The van der Waals surface area contributed by atoms with Crippen LogP contribution in [-0.2, 0) is 11.3 Å². The zero-order chi connectivity index (χ0) is 12.3. The number of hydrogen-bond donors (Lipinski definition) is 1. The third-order valence-corrected chi connectivity index (χ3v) is 4.83. The van der Waals surface area contributed by atoms with Crippen LogP contribution in [0.25, 0.3) is 0 Å². The normalized spacial score (nSPS) is 21.9. The van der Waals surface area contributed by atoms with E-state index < -0.39 is 6.10 Å². The Bertz CT molecular complexity index is 366. The summed E-state index contributed by atoms with van der Waals surface area (Å²) >= 11 is 5.37. The van der Waals surface area contributed by atoms with Gasteiger partial charge in [-0.2, -0.15) is 16.9 Å². The van der Waals surface area contributed by atoms with Gasteiger partial charge in [-0.3, -0.25) is 4.68 Å². The first kappa shape index (κ1) is 13.4. The molecule has 2 rings (SSSR count). The molecule has 1 saturated heterocycles. The molecule has 2 unspecified atom stereocenters. The van der Waals surface area contributed by atoms with Crippen LogP contribution in [0.2, 0.25) is 0 Å². The summed E-state index contributed by atoms with van der Waals surface area (Å²) < 4.78 is 7.77. The van der Waals surface area contributed by atoms with Crippen LogP contribution < -0.4 is 0 Å². The van der Waals surface area contributed by atoms with E-state index in [2.05, 4.69) is 21.0 Å². The lowest BCUT2D eigenvalue weighted by Gasteiger charge is -2.19. The van der Waals surface area contributed by atoms with E-state index in [-0.39, 0.29) is 0 Å². The number of ether oxygens (including phenoxy) is 1. The molecule has 2 heterocycles. The van der Waals surface area contributed by atoms with Crippen LogP contribution in [-0.4, -0.2) is 40.1 Å². The zero-order valence-electron chi connectivity index (χ0n) is 9.80. The molecule has 1 aliphatic heterocycles. The zero-order valence-corrected chi connectivity index (χ0v) is 12.2. The van der Waals surface area contributed by atoms with Crippen LogP contribution in [0.1, 0.15) is 18.2 Å². The molecule has 96 valence electrons. The molecule has 0 amide bonds. The fraction of sp³-hybridized carbons (Fsp3) is 0.727. The monoisotopic (exact) mass is 320 g/mol. The predicted octanol–water partition coefficient (Wildman–Crippen LogP) is 2.08. The van der Waals surface area contributed by atoms with Crippen molar-refractivity contribution >= 4 is 27.7 Å². The maximum Gasteiger partial charge on any atom is 0.100 e. The van der Waals surface area contributed by atoms with Gasteiger partial charge in [-0.1, -0.05) is 0 Å². The highest BCUT2D eigenvalue weighted by molar-refractivity contribution is 9.10. The second-order valence-electron chi connectivity index (χ2n) is 4.16. The second kappa shape index (κ2) is 6.22. The number of thioether (sulfide) groups is 1. The van der Waals surface area contributed by atoms with Crippen LogP contribution in [0.15, 0.2) is 10.7 Å². The Hall–Kier alpha value is -0.0400. The average molecular weight is 321 g/mol. The molecule has 1 aliphatic rings. The third kappa shape index (κ3) is 3.05. The Morgan fingerprint density at radius 2 is 2.59 bits per heavy atom. The van der Waals surface area contributed by atoms with E-state index in [0.717, 1.165) is 28.1 Å². The highest BCUT2D eigenvalue weighted by atomic mass is 79.9. The fourth-order valence-electron chi connectivity index (χ4n) is 2.05. The minimum absolute atomic E-state index is 0.342. The van der Waals surface area contributed by atoms with E-state index in [0.29, 0.717) is 19.1 Å². The SMILES string of the molecule is COCCn1ncc(Br)c1C(O)C1CCSC1. The standard InChI is InChI=1S/C11H17BrN2O2S/c1-16-4-3-14-10(9(12)6-13-14)11(15)8-2-5-17-7-8/h6,8,11,15H,2-5,7H2,1H3. The molecule has 2 atom stereocenters. The summed E-state index contributed by atoms with van der Waals surface area (Å²) in [5.41, 5.74) is 0.884. The fourth-order valence-corrected chi connectivity index (χ4v) is 3.87. The summed E-state index contributed by atoms with van der Waals surface area (Å²) in [4.78, 5) is 0. The summed E-state index contributed by atoms with van der Waals surface area (Å²) in [5, 5.41) is 14.7. The molecule has 0 radical (unpaired) electrons. The van der Waals surface area contributed by atoms with Crippen molar-refractivity contribution in [1.29, 1.82) is 0 Å². The average Bonchev–Trinajstić information content (AvgIpc) is 2.95. The van der Waals surface area contributed by atoms with Gasteiger partial charge in [-0.05, 0) is 33.9 Å². The molecule has 0 aromatic carbocycles. The number of rotatable bonds is 5. The first-order valence-corrected chi connectivity index (χ1v) is 7.64. The van der Waals surface area contributed by atoms with Gasteiger partial charge in [-0.15, -0.1) is 0 Å². The Balaban J connectivity index is 2.14. The lowest BCUT2D eigenvalue weighted by molar-refractivity contribution is 0.107. The van der Waals surface area contributed by atoms with Gasteiger partial charge < -0.3 is 9.84 Å². The van der Waals surface area contributed by atoms with E-state index >= 15 is 0 Å². The van der Waals surface area contributed by atoms with Gasteiger partial charge in [0.1, 0.15) is 6.10 Å². The lowest BCUT2D eigenvalue weighted by atomic mass is 9.99. The lowest BCUT2D eigenvalue weighted by Crippen LogP contribution is -2.18. The van der Waals surface area contributed by atoms with Gasteiger partial charge in [0.2, 0.25) is 0 Å². The second-order valence-corrected chi connectivity index (χ2v) is 6.17. The maximum absolute atomic E-state index is 10.4. The molecule has 0 saturated carbocycles. The Morgan fingerprint density at radius 3 is 3.24 bits per heavy atom. The van der Waals surface area contributed by atoms with Crippen LogP contribution in [0.3, 0.4) is 0 Å². The van der Waals surface area contributed by atoms with Gasteiger partial charge >= 0.3 is 0 Å². The first-order chi connectivity index (χ1) is 8.24. The van der Waals surface area contributed by atoms with Gasteiger partial charge in [-0.25, -0.2) is 0 Å². The number of aliphatic hydroxyl groups is 1. The summed E-state index contributed by atoms with van der Waals surface area (Å²) in [6, 6.07) is 0. The smallest absolute Gasteiger partial charge is 0.100 e. The van der Waals surface area contributed by atoms with Gasteiger partial charge in [0, 0.05) is 13.0 Å². The molecule has 0 bridgehead atoms. The van der Waals surface area contributed by atoms with E-state index in [1.54, 1.807) is 13.3 Å². The van der Waals surface area contributed by atoms with E-state index in [1.807, 2.05) is 16.4 Å². The molecule has 1 fully saturated rings. The van der Waals surface area contributed by atoms with E-state index in [1.165, 1.54) is 0 Å². The number of methoxy groups -OCH3 is 1. The topological polar surface area (TPSA) is 47.3 Å². The number of aromatic nitrogens is 2. The molecule has 17 heavy (non-hydrogen) atoms. The van der Waals surface area contributed by atoms with Crippen molar-refractivity contribution in [2.24, 2.45) is 5.92 Å². The first-order valence-electron chi connectivity index (χ1n) is 5.70. The van der Waals surface area contributed by atoms with Crippen LogP contribution in [0.5, 0.6) is 0 Å². The van der Waals surface area contributed by atoms with Crippen LogP contribution >= 0.6 is 27.7 Å². The van der Waals surface area contributed by atoms with Crippen molar-refractivity contribution in [2.45, 2.75) is 19.1 Å². The minimum atomic E-state index is -0.432. The molecule has 6 heteroatoms. The van der Waals surface area contributed by atoms with Gasteiger partial charge in [0.15, 0.2) is 0 Å². The molecular formula is C11H17BrN2O2S. The quantitative estimate of drug-likeness (QED) is 0.902. The summed E-state index contributed by atoms with van der Waals surface area (Å²) in [6.45, 7) is 1.28. The highest BCUT2D eigenvalue weighted by Crippen LogP contribution is 2.36. The number of hydrogen-bond acceptors (Lipinski definition) is 4. The molecule has 0 aliphatic carbocycles. The summed E-state index contributed by atoms with van der Waals surface area (Å²) in [5.74, 6) is 2.52. The van der Waals surface area contributed by atoms with Crippen molar-refractivity contribution in [2.75, 3.05) is 25.2 Å². The predicted molar refractivity (Wildman–Crippen MR) is 72.2 cm³/mol. The number of aliphatic hydroxyl groups excluding tert-OH is 1. The van der Waals surface area contributed by atoms with Crippen LogP contribution in [0, 0.1) is 5.92 Å². The summed E-state index contributed by atoms with van der Waals surface area (Å²) in [7, 11) is 1.67. The maximum atomic E-state index is 10.4. The van der Waals surface area contributed by atoms with Gasteiger partial charge in [0.25, 0.3) is 0 Å². The van der Waals surface area contributed by atoms with E-state index in [4.69, 9.17) is 4.74 Å². The molecule has 0 spiro atoms. The minimum Gasteiger partial charge on any atom is -0.386 e. The van der Waals surface area contributed by atoms with E-state index in [9.17, 15) is 5.11 Å². The van der Waals surface area contributed by atoms with Crippen molar-refractivity contribution < 1.29 is 9.84 Å². The number of nitrogens with zero attached hydrogens (tertiary/aromatic N) is 2. The van der Waals surface area contributed by atoms with Crippen LogP contribution in [0.4, 0.5) is 0 Å². The van der Waals surface area contributed by atoms with Crippen molar-refractivity contribution in [3.8, 4) is 0 Å². The molecular weight excluding hydrogens is 304 g/mol. The summed E-state index contributed by atoms with van der Waals surface area (Å²) in [6.07, 6.45) is 2.39. The van der Waals surface area contributed by atoms with Crippen molar-refractivity contribution in [3.63, 3.8) is 0 Å². The third-order valence-electron chi connectivity index (χ3n) is 3.03. The Labute approximate surface area is 114 Å². The highest BCUT2D eigenvalue weighted by Gasteiger charge is 2.29. The molecule has 1 aromatic rings. The number of halogens is 1. The largest absolute Gasteiger partial charge is 0.386 e. The van der Waals surface area contributed by atoms with Gasteiger partial charge in [0.05, 0.1) is 29.5 Å². The van der Waals surface area contributed by atoms with Crippen molar-refractivity contribution in [1.82, 2.24) is 9.78 Å². The Morgan fingerprint density at radius 1 is 1.76 bits per heavy atom. The van der Waals surface area contributed by atoms with Crippen molar-refractivity contribution in [3.05, 3.63) is 16.4 Å². The molecule has 4 nitrogen and oxygen atoms in total. The molecule has 1 aromatic heterocycles. The Kier molecular flexibility index (Phi) is 4.90. The molecule has 1 N–H and O–H groups in total.